The molecule has 0 aliphatic carbocycles. The number of hydrogen-bond donors (Lipinski definition) is 1. The average molecular weight is 486 g/mol. The number of nitrogens with zero attached hydrogens (tertiary/aromatic N) is 2. The first-order valence-corrected chi connectivity index (χ1v) is 10.6. The summed E-state index contributed by atoms with van der Waals surface area (Å²) in [7, 11) is 1.65. The summed E-state index contributed by atoms with van der Waals surface area (Å²) in [5.74, 6) is 1.00. The summed E-state index contributed by atoms with van der Waals surface area (Å²) >= 11 is 1.47. The van der Waals surface area contributed by atoms with Crippen molar-refractivity contribution in [1.82, 2.24) is 9.47 Å². The standard InChI is InChI=1S/C22H24FN3O2S.2ClH/c1-28-18-6-7-19-21(12-18)29-22(24)26(19)13-15-8-10-25(11-9-15)14-20(27)16-2-4-17(23)5-3-16;;/h2-7,12,15,24H,8-11,13-14H2,1H3;2*1H. The van der Waals surface area contributed by atoms with Gasteiger partial charge in [-0.15, -0.1) is 24.8 Å². The molecule has 2 aromatic carbocycles. The lowest BCUT2D eigenvalue weighted by atomic mass is 9.96. The highest BCUT2D eigenvalue weighted by atomic mass is 35.5. The van der Waals surface area contributed by atoms with E-state index in [0.29, 0.717) is 22.8 Å². The Labute approximate surface area is 197 Å². The van der Waals surface area contributed by atoms with Crippen LogP contribution in [0, 0.1) is 17.1 Å². The first-order chi connectivity index (χ1) is 14.0. The highest BCUT2D eigenvalue weighted by Crippen LogP contribution is 2.26. The minimum absolute atomic E-state index is 0. The van der Waals surface area contributed by atoms with Crippen molar-refractivity contribution in [2.24, 2.45) is 5.92 Å². The van der Waals surface area contributed by atoms with E-state index < -0.39 is 0 Å². The number of ether oxygens (including phenoxy) is 1. The van der Waals surface area contributed by atoms with E-state index >= 15 is 0 Å². The maximum Gasteiger partial charge on any atom is 0.182 e. The highest BCUT2D eigenvalue weighted by molar-refractivity contribution is 7.16. The van der Waals surface area contributed by atoms with Crippen LogP contribution in [0.1, 0.15) is 23.2 Å². The lowest BCUT2D eigenvalue weighted by Gasteiger charge is -2.31. The van der Waals surface area contributed by atoms with Gasteiger partial charge in [-0.25, -0.2) is 4.39 Å². The molecule has 3 aromatic rings. The summed E-state index contributed by atoms with van der Waals surface area (Å²) in [5.41, 5.74) is 1.64. The Kier molecular flexibility index (Phi) is 9.06. The third kappa shape index (κ3) is 5.86. The van der Waals surface area contributed by atoms with Gasteiger partial charge in [0.05, 0.1) is 23.9 Å². The Bertz CT molecular complexity index is 1080. The van der Waals surface area contributed by atoms with Gasteiger partial charge in [0.25, 0.3) is 0 Å². The van der Waals surface area contributed by atoms with Gasteiger partial charge in [0.2, 0.25) is 0 Å². The molecule has 168 valence electrons. The van der Waals surface area contributed by atoms with Gasteiger partial charge < -0.3 is 9.30 Å². The van der Waals surface area contributed by atoms with Crippen molar-refractivity contribution in [1.29, 1.82) is 5.41 Å². The van der Waals surface area contributed by atoms with Gasteiger partial charge in [-0.3, -0.25) is 15.1 Å². The van der Waals surface area contributed by atoms with Crippen LogP contribution in [0.3, 0.4) is 0 Å². The average Bonchev–Trinajstić information content (AvgIpc) is 3.04. The zero-order chi connectivity index (χ0) is 20.4. The Hall–Kier alpha value is -1.93. The lowest BCUT2D eigenvalue weighted by molar-refractivity contribution is 0.0890. The predicted octanol–water partition coefficient (Wildman–Crippen LogP) is 4.77. The van der Waals surface area contributed by atoms with Crippen LogP contribution in [0.25, 0.3) is 10.2 Å². The summed E-state index contributed by atoms with van der Waals surface area (Å²) in [5, 5.41) is 8.35. The minimum Gasteiger partial charge on any atom is -0.497 e. The van der Waals surface area contributed by atoms with Crippen LogP contribution in [0.4, 0.5) is 4.39 Å². The second-order valence-electron chi connectivity index (χ2n) is 7.50. The van der Waals surface area contributed by atoms with Crippen molar-refractivity contribution in [3.05, 3.63) is 58.6 Å². The molecule has 9 heteroatoms. The zero-order valence-electron chi connectivity index (χ0n) is 17.2. The topological polar surface area (TPSA) is 58.3 Å². The molecule has 1 aliphatic heterocycles. The largest absolute Gasteiger partial charge is 0.497 e. The molecule has 0 radical (unpaired) electrons. The molecular formula is C22H26Cl2FN3O2S. The van der Waals surface area contributed by atoms with Gasteiger partial charge in [0.1, 0.15) is 11.6 Å². The van der Waals surface area contributed by atoms with Crippen LogP contribution in [0.5, 0.6) is 5.75 Å². The summed E-state index contributed by atoms with van der Waals surface area (Å²) in [4.78, 5) is 15.1. The van der Waals surface area contributed by atoms with Crippen molar-refractivity contribution < 1.29 is 13.9 Å². The fraction of sp³-hybridized carbons (Fsp3) is 0.364. The molecule has 0 saturated carbocycles. The summed E-state index contributed by atoms with van der Waals surface area (Å²) < 4.78 is 21.5. The number of aromatic nitrogens is 1. The third-order valence-corrected chi connectivity index (χ3v) is 6.55. The van der Waals surface area contributed by atoms with Crippen molar-refractivity contribution in [2.75, 3.05) is 26.7 Å². The number of ketones is 1. The molecule has 1 N–H and O–H groups in total. The van der Waals surface area contributed by atoms with Crippen LogP contribution >= 0.6 is 36.2 Å². The van der Waals surface area contributed by atoms with E-state index in [1.807, 2.05) is 18.2 Å². The van der Waals surface area contributed by atoms with E-state index in [9.17, 15) is 9.18 Å². The SMILES string of the molecule is COc1ccc2c(c1)sc(=N)n2CC1CCN(CC(=O)c2ccc(F)cc2)CC1.Cl.Cl. The smallest absolute Gasteiger partial charge is 0.182 e. The van der Waals surface area contributed by atoms with Gasteiger partial charge in [-0.05, 0) is 74.3 Å². The zero-order valence-corrected chi connectivity index (χ0v) is 19.6. The van der Waals surface area contributed by atoms with Crippen LogP contribution in [-0.4, -0.2) is 42.0 Å². The quantitative estimate of drug-likeness (QED) is 0.511. The number of fused-ring (bicyclic) bond motifs is 1. The van der Waals surface area contributed by atoms with Crippen molar-refractivity contribution in [3.8, 4) is 5.75 Å². The Balaban J connectivity index is 0.00000171. The maximum atomic E-state index is 13.0. The number of carbonyl (C=O) groups is 1. The maximum absolute atomic E-state index is 13.0. The molecule has 2 heterocycles. The molecule has 5 nitrogen and oxygen atoms in total. The van der Waals surface area contributed by atoms with E-state index in [2.05, 4.69) is 9.47 Å². The lowest BCUT2D eigenvalue weighted by Crippen LogP contribution is -2.38. The molecule has 0 spiro atoms. The molecule has 0 amide bonds. The summed E-state index contributed by atoms with van der Waals surface area (Å²) in [6.07, 6.45) is 1.99. The first-order valence-electron chi connectivity index (χ1n) is 9.76. The second-order valence-corrected chi connectivity index (χ2v) is 8.53. The monoisotopic (exact) mass is 485 g/mol. The molecular weight excluding hydrogens is 460 g/mol. The number of carbonyl (C=O) groups excluding carboxylic acids is 1. The summed E-state index contributed by atoms with van der Waals surface area (Å²) in [6.45, 7) is 2.92. The van der Waals surface area contributed by atoms with Crippen molar-refractivity contribution in [3.63, 3.8) is 0 Å². The van der Waals surface area contributed by atoms with Gasteiger partial charge in [-0.1, -0.05) is 11.3 Å². The number of rotatable bonds is 6. The van der Waals surface area contributed by atoms with Gasteiger partial charge >= 0.3 is 0 Å². The van der Waals surface area contributed by atoms with Crippen molar-refractivity contribution >= 4 is 52.2 Å². The molecule has 31 heavy (non-hydrogen) atoms. The van der Waals surface area contributed by atoms with Crippen LogP contribution < -0.4 is 9.54 Å². The fourth-order valence-electron chi connectivity index (χ4n) is 3.89. The van der Waals surface area contributed by atoms with Crippen LogP contribution in [0.2, 0.25) is 0 Å². The number of hydrogen-bond acceptors (Lipinski definition) is 5. The predicted molar refractivity (Wildman–Crippen MR) is 127 cm³/mol. The van der Waals surface area contributed by atoms with Crippen molar-refractivity contribution in [2.45, 2.75) is 19.4 Å². The number of benzene rings is 2. The number of halogens is 3. The van der Waals surface area contributed by atoms with E-state index in [1.54, 1.807) is 19.2 Å². The van der Waals surface area contributed by atoms with Gasteiger partial charge in [-0.2, -0.15) is 0 Å². The number of thiazole rings is 1. The first kappa shape index (κ1) is 25.3. The normalized spacial score (nSPS) is 14.6. The number of Topliss-reactive ketones (excluding diaryl/α,β-unsaturated/α-hetero) is 1. The molecule has 0 atom stereocenters. The third-order valence-electron chi connectivity index (χ3n) is 5.59. The number of likely N-dealkylation sites (tertiary alicyclic amines) is 1. The number of methoxy groups -OCH3 is 1. The van der Waals surface area contributed by atoms with Gasteiger partial charge in [0, 0.05) is 12.1 Å². The Morgan fingerprint density at radius 3 is 2.48 bits per heavy atom. The van der Waals surface area contributed by atoms with Crippen LogP contribution in [-0.2, 0) is 6.54 Å². The Morgan fingerprint density at radius 2 is 1.84 bits per heavy atom. The number of piperidine rings is 1. The number of nitrogens with one attached hydrogen (secondary N) is 1. The molecule has 1 aromatic heterocycles. The Morgan fingerprint density at radius 1 is 1.16 bits per heavy atom. The van der Waals surface area contributed by atoms with E-state index in [4.69, 9.17) is 10.1 Å². The molecule has 4 rings (SSSR count). The molecule has 1 aliphatic rings. The minimum atomic E-state index is -0.326. The molecule has 0 bridgehead atoms. The summed E-state index contributed by atoms with van der Waals surface area (Å²) in [6, 6.07) is 11.7. The van der Waals surface area contributed by atoms with Gasteiger partial charge in [0.15, 0.2) is 10.6 Å². The molecule has 1 saturated heterocycles. The highest BCUT2D eigenvalue weighted by Gasteiger charge is 2.22. The second kappa shape index (κ2) is 11.1. The van der Waals surface area contributed by atoms with Crippen LogP contribution in [0.15, 0.2) is 42.5 Å². The van der Waals surface area contributed by atoms with E-state index in [1.165, 1.54) is 23.5 Å². The van der Waals surface area contributed by atoms with E-state index in [-0.39, 0.29) is 36.4 Å². The molecule has 0 unspecified atom stereocenters. The van der Waals surface area contributed by atoms with E-state index in [0.717, 1.165) is 48.4 Å². The fourth-order valence-corrected chi connectivity index (χ4v) is 4.84. The molecule has 1 fully saturated rings.